The fourth-order valence-electron chi connectivity index (χ4n) is 2.35. The van der Waals surface area contributed by atoms with Crippen molar-refractivity contribution in [3.8, 4) is 0 Å². The van der Waals surface area contributed by atoms with Gasteiger partial charge in [-0.2, -0.15) is 0 Å². The lowest BCUT2D eigenvalue weighted by atomic mass is 10.1. The molecule has 1 aromatic heterocycles. The number of aromatic carboxylic acids is 1. The van der Waals surface area contributed by atoms with Gasteiger partial charge in [-0.05, 0) is 25.0 Å². The number of hydrogen-bond acceptors (Lipinski definition) is 2. The third-order valence-corrected chi connectivity index (χ3v) is 3.54. The van der Waals surface area contributed by atoms with Crippen LogP contribution in [0.3, 0.4) is 0 Å². The van der Waals surface area contributed by atoms with E-state index in [1.807, 2.05) is 0 Å². The van der Waals surface area contributed by atoms with Crippen molar-refractivity contribution in [2.75, 3.05) is 0 Å². The molecule has 4 nitrogen and oxygen atoms in total. The van der Waals surface area contributed by atoms with E-state index >= 15 is 0 Å². The molecule has 0 bridgehead atoms. The molecule has 0 amide bonds. The third kappa shape index (κ3) is 1.82. The number of carboxylic acids is 1. The largest absolute Gasteiger partial charge is 0.477 e. The smallest absolute Gasteiger partial charge is 0.341 e. The lowest BCUT2D eigenvalue weighted by Crippen LogP contribution is -2.19. The summed E-state index contributed by atoms with van der Waals surface area (Å²) in [5.41, 5.74) is -0.123. The van der Waals surface area contributed by atoms with E-state index in [2.05, 4.69) is 6.58 Å². The number of carbonyl (C=O) groups is 1. The second-order valence-corrected chi connectivity index (χ2v) is 4.91. The number of benzene rings is 1. The highest BCUT2D eigenvalue weighted by atomic mass is 19.1. The van der Waals surface area contributed by atoms with Crippen LogP contribution in [0.4, 0.5) is 4.39 Å². The van der Waals surface area contributed by atoms with E-state index in [0.717, 1.165) is 18.9 Å². The zero-order chi connectivity index (χ0) is 14.4. The lowest BCUT2D eigenvalue weighted by molar-refractivity contribution is 0.0695. The van der Waals surface area contributed by atoms with Crippen LogP contribution in [0.5, 0.6) is 0 Å². The Morgan fingerprint density at radius 3 is 2.70 bits per heavy atom. The van der Waals surface area contributed by atoms with Gasteiger partial charge in [0, 0.05) is 23.2 Å². The molecule has 0 unspecified atom stereocenters. The van der Waals surface area contributed by atoms with Crippen LogP contribution in [-0.2, 0) is 0 Å². The van der Waals surface area contributed by atoms with E-state index in [1.165, 1.54) is 12.3 Å². The van der Waals surface area contributed by atoms with Crippen LogP contribution in [-0.4, -0.2) is 15.6 Å². The minimum Gasteiger partial charge on any atom is -0.477 e. The molecule has 0 radical (unpaired) electrons. The number of nitrogens with zero attached hydrogens (tertiary/aromatic N) is 1. The molecule has 0 saturated heterocycles. The molecule has 1 saturated carbocycles. The van der Waals surface area contributed by atoms with Gasteiger partial charge in [0.05, 0.1) is 5.52 Å². The van der Waals surface area contributed by atoms with Crippen LogP contribution in [0.2, 0.25) is 0 Å². The van der Waals surface area contributed by atoms with Gasteiger partial charge in [-0.25, -0.2) is 9.18 Å². The van der Waals surface area contributed by atoms with Crippen LogP contribution in [0.25, 0.3) is 17.0 Å². The van der Waals surface area contributed by atoms with Crippen molar-refractivity contribution in [1.82, 2.24) is 4.57 Å². The van der Waals surface area contributed by atoms with Gasteiger partial charge in [0.1, 0.15) is 11.4 Å². The molecule has 5 heteroatoms. The normalized spacial score (nSPS) is 14.4. The molecule has 1 fully saturated rings. The molecule has 0 aliphatic heterocycles. The predicted octanol–water partition coefficient (Wildman–Crippen LogP) is 2.82. The number of aromatic nitrogens is 1. The maximum atomic E-state index is 13.8. The van der Waals surface area contributed by atoms with Crippen molar-refractivity contribution in [1.29, 1.82) is 0 Å². The van der Waals surface area contributed by atoms with E-state index in [-0.39, 0.29) is 17.0 Å². The highest BCUT2D eigenvalue weighted by molar-refractivity contribution is 5.93. The van der Waals surface area contributed by atoms with Crippen molar-refractivity contribution in [3.05, 3.63) is 52.1 Å². The summed E-state index contributed by atoms with van der Waals surface area (Å²) in [5.74, 6) is -1.87. The molecule has 0 spiro atoms. The summed E-state index contributed by atoms with van der Waals surface area (Å²) in [6, 6.07) is 2.82. The Bertz CT molecular complexity index is 803. The molecule has 20 heavy (non-hydrogen) atoms. The fourth-order valence-corrected chi connectivity index (χ4v) is 2.35. The van der Waals surface area contributed by atoms with Gasteiger partial charge in [-0.1, -0.05) is 12.7 Å². The molecule has 0 atom stereocenters. The molecular formula is C15H12FNO3. The van der Waals surface area contributed by atoms with Crippen LogP contribution >= 0.6 is 0 Å². The minimum absolute atomic E-state index is 0.0971. The first-order valence-electron chi connectivity index (χ1n) is 6.27. The number of hydrogen-bond donors (Lipinski definition) is 1. The summed E-state index contributed by atoms with van der Waals surface area (Å²) >= 11 is 0. The van der Waals surface area contributed by atoms with Crippen molar-refractivity contribution < 1.29 is 14.3 Å². The average molecular weight is 273 g/mol. The van der Waals surface area contributed by atoms with Gasteiger partial charge in [0.2, 0.25) is 5.43 Å². The Morgan fingerprint density at radius 1 is 1.45 bits per heavy atom. The summed E-state index contributed by atoms with van der Waals surface area (Å²) in [4.78, 5) is 23.3. The van der Waals surface area contributed by atoms with Crippen LogP contribution in [0.1, 0.15) is 34.8 Å². The van der Waals surface area contributed by atoms with Crippen molar-refractivity contribution in [2.45, 2.75) is 18.9 Å². The molecule has 1 heterocycles. The van der Waals surface area contributed by atoms with E-state index in [4.69, 9.17) is 5.11 Å². The van der Waals surface area contributed by atoms with Crippen molar-refractivity contribution in [2.24, 2.45) is 0 Å². The van der Waals surface area contributed by atoms with Gasteiger partial charge < -0.3 is 9.67 Å². The monoisotopic (exact) mass is 273 g/mol. The van der Waals surface area contributed by atoms with Crippen molar-refractivity contribution >= 4 is 22.9 Å². The number of carboxylic acid groups (broad SMARTS) is 1. The molecule has 2 aromatic rings. The highest BCUT2D eigenvalue weighted by Gasteiger charge is 2.27. The molecule has 1 N–H and O–H groups in total. The van der Waals surface area contributed by atoms with E-state index < -0.39 is 17.2 Å². The maximum Gasteiger partial charge on any atom is 0.341 e. The summed E-state index contributed by atoms with van der Waals surface area (Å²) in [7, 11) is 0. The number of halogens is 1. The van der Waals surface area contributed by atoms with Crippen molar-refractivity contribution in [3.63, 3.8) is 0 Å². The first kappa shape index (κ1) is 12.6. The second-order valence-electron chi connectivity index (χ2n) is 4.91. The summed E-state index contributed by atoms with van der Waals surface area (Å²) in [6.45, 7) is 3.54. The average Bonchev–Trinajstić information content (AvgIpc) is 3.23. The SMILES string of the molecule is C=Cc1cc2c(cc1F)c(=O)c(C(=O)O)cn2C1CC1. The molecule has 1 aromatic carbocycles. The second kappa shape index (κ2) is 4.30. The first-order valence-corrected chi connectivity index (χ1v) is 6.27. The molecule has 1 aliphatic carbocycles. The number of fused-ring (bicyclic) bond motifs is 1. The highest BCUT2D eigenvalue weighted by Crippen LogP contribution is 2.37. The predicted molar refractivity (Wildman–Crippen MR) is 73.5 cm³/mol. The number of rotatable bonds is 3. The van der Waals surface area contributed by atoms with Gasteiger partial charge in [-0.3, -0.25) is 4.79 Å². The lowest BCUT2D eigenvalue weighted by Gasteiger charge is -2.12. The molecule has 102 valence electrons. The van der Waals surface area contributed by atoms with Gasteiger partial charge in [-0.15, -0.1) is 0 Å². The molecular weight excluding hydrogens is 261 g/mol. The molecule has 3 rings (SSSR count). The number of pyridine rings is 1. The molecule has 1 aliphatic rings. The summed E-state index contributed by atoms with van der Waals surface area (Å²) in [6.07, 6.45) is 4.59. The van der Waals surface area contributed by atoms with Crippen LogP contribution < -0.4 is 5.43 Å². The minimum atomic E-state index is -1.29. The Labute approximate surface area is 113 Å². The Kier molecular flexibility index (Phi) is 2.71. The first-order chi connectivity index (χ1) is 9.52. The Morgan fingerprint density at radius 2 is 2.15 bits per heavy atom. The van der Waals surface area contributed by atoms with Gasteiger partial charge in [0.15, 0.2) is 0 Å². The van der Waals surface area contributed by atoms with E-state index in [1.54, 1.807) is 10.6 Å². The van der Waals surface area contributed by atoms with Gasteiger partial charge >= 0.3 is 5.97 Å². The van der Waals surface area contributed by atoms with Crippen LogP contribution in [0.15, 0.2) is 29.7 Å². The third-order valence-electron chi connectivity index (χ3n) is 3.54. The summed E-state index contributed by atoms with van der Waals surface area (Å²) in [5, 5.41) is 9.20. The fraction of sp³-hybridized carbons (Fsp3) is 0.200. The van der Waals surface area contributed by atoms with Gasteiger partial charge in [0.25, 0.3) is 0 Å². The van der Waals surface area contributed by atoms with Crippen LogP contribution in [0, 0.1) is 5.82 Å². The zero-order valence-electron chi connectivity index (χ0n) is 10.6. The Balaban J connectivity index is 2.45. The Hall–Kier alpha value is -2.43. The standard InChI is InChI=1S/C15H12FNO3/c1-2-8-5-13-10(6-12(8)16)14(18)11(15(19)20)7-17(13)9-3-4-9/h2,5-7,9H,1,3-4H2,(H,19,20). The maximum absolute atomic E-state index is 13.8. The summed E-state index contributed by atoms with van der Waals surface area (Å²) < 4.78 is 15.6. The quantitative estimate of drug-likeness (QED) is 0.935. The van der Waals surface area contributed by atoms with E-state index in [9.17, 15) is 14.0 Å². The zero-order valence-corrected chi connectivity index (χ0v) is 10.6. The topological polar surface area (TPSA) is 59.3 Å². The van der Waals surface area contributed by atoms with E-state index in [0.29, 0.717) is 11.1 Å².